The molecule has 0 radical (unpaired) electrons. The molecule has 2 N–H and O–H groups in total. The molecule has 0 unspecified atom stereocenters. The van der Waals surface area contributed by atoms with Crippen LogP contribution in [-0.4, -0.2) is 53.4 Å². The number of likely N-dealkylation sites (tertiary alicyclic amines) is 1. The minimum atomic E-state index is -0.584. The summed E-state index contributed by atoms with van der Waals surface area (Å²) in [4.78, 5) is 32.9. The van der Waals surface area contributed by atoms with Crippen LogP contribution < -0.4 is 10.6 Å². The van der Waals surface area contributed by atoms with Crippen LogP contribution in [-0.2, 0) is 11.2 Å². The zero-order valence-corrected chi connectivity index (χ0v) is 20.0. The van der Waals surface area contributed by atoms with Gasteiger partial charge in [0.1, 0.15) is 11.7 Å². The van der Waals surface area contributed by atoms with Crippen molar-refractivity contribution in [2.45, 2.75) is 45.2 Å². The van der Waals surface area contributed by atoms with Crippen LogP contribution in [0.5, 0.6) is 0 Å². The summed E-state index contributed by atoms with van der Waals surface area (Å²) >= 11 is 0. The summed E-state index contributed by atoms with van der Waals surface area (Å²) in [7, 11) is 0. The van der Waals surface area contributed by atoms with Gasteiger partial charge in [-0.25, -0.2) is 4.98 Å². The third-order valence-electron chi connectivity index (χ3n) is 6.34. The predicted molar refractivity (Wildman–Crippen MR) is 136 cm³/mol. The number of benzene rings is 2. The first-order chi connectivity index (χ1) is 16.5. The second-order valence-electron chi connectivity index (χ2n) is 9.58. The third kappa shape index (κ3) is 6.41. The first-order valence-electron chi connectivity index (χ1n) is 12.2. The largest absolute Gasteiger partial charge is 0.350 e. The maximum absolute atomic E-state index is 13.1. The van der Waals surface area contributed by atoms with E-state index in [-0.39, 0.29) is 23.8 Å². The van der Waals surface area contributed by atoms with Crippen molar-refractivity contribution >= 4 is 22.7 Å². The lowest BCUT2D eigenvalue weighted by Crippen LogP contribution is -2.50. The van der Waals surface area contributed by atoms with Crippen molar-refractivity contribution < 1.29 is 9.59 Å². The van der Waals surface area contributed by atoms with Gasteiger partial charge >= 0.3 is 0 Å². The van der Waals surface area contributed by atoms with Gasteiger partial charge in [-0.05, 0) is 42.9 Å². The Labute approximate surface area is 201 Å². The number of nitrogens with zero attached hydrogens (tertiary/aromatic N) is 2. The Morgan fingerprint density at radius 1 is 1.03 bits per heavy atom. The second kappa shape index (κ2) is 11.3. The molecule has 4 rings (SSSR count). The molecular formula is C28H34N4O2. The van der Waals surface area contributed by atoms with Gasteiger partial charge < -0.3 is 15.5 Å². The molecule has 2 amide bonds. The summed E-state index contributed by atoms with van der Waals surface area (Å²) < 4.78 is 0. The number of carbonyl (C=O) groups excluding carboxylic acids is 2. The standard InChI is InChI=1S/C28H34N4O2/c1-20(2)18-26(31-27(33)25-13-12-22-10-6-7-11-24(22)30-25)28(34)29-23-15-17-32(19-23)16-14-21-8-4-3-5-9-21/h3-13,20,23,26H,14-19H2,1-2H3,(H,29,34)(H,31,33)/t23-,26-/m0/s1. The predicted octanol–water partition coefficient (Wildman–Crippen LogP) is 3.81. The molecule has 1 aromatic heterocycles. The van der Waals surface area contributed by atoms with Crippen LogP contribution in [0.1, 0.15) is 42.7 Å². The monoisotopic (exact) mass is 458 g/mol. The maximum Gasteiger partial charge on any atom is 0.270 e. The summed E-state index contributed by atoms with van der Waals surface area (Å²) in [6.45, 7) is 6.91. The minimum absolute atomic E-state index is 0.105. The molecule has 2 atom stereocenters. The third-order valence-corrected chi connectivity index (χ3v) is 6.34. The summed E-state index contributed by atoms with van der Waals surface area (Å²) in [5.74, 6) is -0.160. The Hall–Kier alpha value is -3.25. The molecule has 6 nitrogen and oxygen atoms in total. The quantitative estimate of drug-likeness (QED) is 0.511. The molecule has 2 heterocycles. The van der Waals surface area contributed by atoms with E-state index in [0.29, 0.717) is 12.1 Å². The Morgan fingerprint density at radius 2 is 1.79 bits per heavy atom. The number of hydrogen-bond donors (Lipinski definition) is 2. The van der Waals surface area contributed by atoms with Crippen LogP contribution in [0.2, 0.25) is 0 Å². The van der Waals surface area contributed by atoms with Gasteiger partial charge in [0, 0.05) is 31.1 Å². The number of rotatable bonds is 9. The maximum atomic E-state index is 13.1. The fourth-order valence-electron chi connectivity index (χ4n) is 4.51. The topological polar surface area (TPSA) is 74.3 Å². The van der Waals surface area contributed by atoms with Crippen LogP contribution in [0.4, 0.5) is 0 Å². The normalized spacial score (nSPS) is 17.1. The van der Waals surface area contributed by atoms with Gasteiger partial charge in [0.2, 0.25) is 5.91 Å². The van der Waals surface area contributed by atoms with Gasteiger partial charge in [-0.3, -0.25) is 9.59 Å². The lowest BCUT2D eigenvalue weighted by atomic mass is 10.0. The highest BCUT2D eigenvalue weighted by molar-refractivity contribution is 5.97. The van der Waals surface area contributed by atoms with Crippen molar-refractivity contribution in [1.82, 2.24) is 20.5 Å². The van der Waals surface area contributed by atoms with Crippen molar-refractivity contribution in [3.63, 3.8) is 0 Å². The van der Waals surface area contributed by atoms with Crippen LogP contribution in [0.3, 0.4) is 0 Å². The molecule has 1 aliphatic rings. The van der Waals surface area contributed by atoms with Crippen molar-refractivity contribution in [2.24, 2.45) is 5.92 Å². The molecule has 34 heavy (non-hydrogen) atoms. The number of para-hydroxylation sites is 1. The van der Waals surface area contributed by atoms with Crippen molar-refractivity contribution in [3.8, 4) is 0 Å². The van der Waals surface area contributed by atoms with Crippen LogP contribution in [0.25, 0.3) is 10.9 Å². The molecule has 178 valence electrons. The summed E-state index contributed by atoms with van der Waals surface area (Å²) in [5.41, 5.74) is 2.42. The smallest absolute Gasteiger partial charge is 0.270 e. The van der Waals surface area contributed by atoms with E-state index in [1.165, 1.54) is 5.56 Å². The minimum Gasteiger partial charge on any atom is -0.350 e. The average Bonchev–Trinajstić information content (AvgIpc) is 3.29. The Morgan fingerprint density at radius 3 is 2.59 bits per heavy atom. The van der Waals surface area contributed by atoms with E-state index in [4.69, 9.17) is 0 Å². The van der Waals surface area contributed by atoms with Crippen LogP contribution in [0, 0.1) is 5.92 Å². The van der Waals surface area contributed by atoms with Crippen LogP contribution >= 0.6 is 0 Å². The fourth-order valence-corrected chi connectivity index (χ4v) is 4.51. The number of aromatic nitrogens is 1. The van der Waals surface area contributed by atoms with Gasteiger partial charge in [-0.2, -0.15) is 0 Å². The number of nitrogens with one attached hydrogen (secondary N) is 2. The second-order valence-corrected chi connectivity index (χ2v) is 9.58. The van der Waals surface area contributed by atoms with Gasteiger partial charge in [-0.1, -0.05) is 68.4 Å². The summed E-state index contributed by atoms with van der Waals surface area (Å²) in [6, 6.07) is 21.3. The van der Waals surface area contributed by atoms with Gasteiger partial charge in [0.25, 0.3) is 5.91 Å². The SMILES string of the molecule is CC(C)C[C@H](NC(=O)c1ccc2ccccc2n1)C(=O)N[C@H]1CCN(CCc2ccccc2)C1. The number of hydrogen-bond acceptors (Lipinski definition) is 4. The van der Waals surface area contributed by atoms with E-state index in [1.54, 1.807) is 6.07 Å². The van der Waals surface area contributed by atoms with E-state index in [2.05, 4.69) is 58.6 Å². The lowest BCUT2D eigenvalue weighted by Gasteiger charge is -2.23. The number of amides is 2. The molecule has 0 bridgehead atoms. The first-order valence-corrected chi connectivity index (χ1v) is 12.2. The molecule has 0 saturated carbocycles. The molecule has 1 aliphatic heterocycles. The Bertz CT molecular complexity index is 1120. The van der Waals surface area contributed by atoms with Crippen LogP contribution in [0.15, 0.2) is 66.7 Å². The molecule has 0 aliphatic carbocycles. The van der Waals surface area contributed by atoms with E-state index in [1.807, 2.05) is 36.4 Å². The molecular weight excluding hydrogens is 424 g/mol. The van der Waals surface area contributed by atoms with E-state index in [9.17, 15) is 9.59 Å². The number of fused-ring (bicyclic) bond motifs is 1. The first kappa shape index (κ1) is 23.9. The van der Waals surface area contributed by atoms with Gasteiger partial charge in [-0.15, -0.1) is 0 Å². The van der Waals surface area contributed by atoms with Crippen molar-refractivity contribution in [1.29, 1.82) is 0 Å². The zero-order chi connectivity index (χ0) is 23.9. The molecule has 1 fully saturated rings. The van der Waals surface area contributed by atoms with E-state index >= 15 is 0 Å². The highest BCUT2D eigenvalue weighted by Crippen LogP contribution is 2.14. The average molecular weight is 459 g/mol. The highest BCUT2D eigenvalue weighted by atomic mass is 16.2. The molecule has 2 aromatic carbocycles. The number of pyridine rings is 1. The molecule has 0 spiro atoms. The van der Waals surface area contributed by atoms with Gasteiger partial charge in [0.15, 0.2) is 0 Å². The zero-order valence-electron chi connectivity index (χ0n) is 20.0. The Kier molecular flexibility index (Phi) is 7.91. The van der Waals surface area contributed by atoms with E-state index in [0.717, 1.165) is 43.4 Å². The summed E-state index contributed by atoms with van der Waals surface area (Å²) in [6.07, 6.45) is 2.51. The summed E-state index contributed by atoms with van der Waals surface area (Å²) in [5, 5.41) is 7.10. The molecule has 6 heteroatoms. The van der Waals surface area contributed by atoms with Gasteiger partial charge in [0.05, 0.1) is 5.52 Å². The number of carbonyl (C=O) groups is 2. The van der Waals surface area contributed by atoms with E-state index < -0.39 is 6.04 Å². The highest BCUT2D eigenvalue weighted by Gasteiger charge is 2.28. The molecule has 1 saturated heterocycles. The van der Waals surface area contributed by atoms with Crippen molar-refractivity contribution in [3.05, 3.63) is 78.0 Å². The van der Waals surface area contributed by atoms with Crippen molar-refractivity contribution in [2.75, 3.05) is 19.6 Å². The molecule has 3 aromatic rings. The lowest BCUT2D eigenvalue weighted by molar-refractivity contribution is -0.124. The Balaban J connectivity index is 1.33. The fraction of sp³-hybridized carbons (Fsp3) is 0.393.